The SMILES string of the molecule is CC[C@@H](C)c1ccccc1NC(=O)COC(=O)c1cc(C(C)=O)c[nH]1. The van der Waals surface area contributed by atoms with E-state index in [1.807, 2.05) is 24.3 Å². The lowest BCUT2D eigenvalue weighted by Gasteiger charge is -2.15. The average molecular weight is 342 g/mol. The summed E-state index contributed by atoms with van der Waals surface area (Å²) in [7, 11) is 0. The molecule has 1 aromatic carbocycles. The Morgan fingerprint density at radius 1 is 1.24 bits per heavy atom. The number of aromatic amines is 1. The van der Waals surface area contributed by atoms with Crippen LogP contribution in [0.4, 0.5) is 5.69 Å². The number of hydrogen-bond acceptors (Lipinski definition) is 4. The van der Waals surface area contributed by atoms with E-state index in [0.717, 1.165) is 17.7 Å². The largest absolute Gasteiger partial charge is 0.451 e. The second kappa shape index (κ2) is 8.28. The van der Waals surface area contributed by atoms with Gasteiger partial charge in [-0.25, -0.2) is 4.79 Å². The molecule has 0 radical (unpaired) electrons. The molecule has 2 N–H and O–H groups in total. The maximum absolute atomic E-state index is 12.1. The van der Waals surface area contributed by atoms with Crippen molar-refractivity contribution in [3.63, 3.8) is 0 Å². The topological polar surface area (TPSA) is 88.3 Å². The third-order valence-corrected chi connectivity index (χ3v) is 4.02. The Kier molecular flexibility index (Phi) is 6.11. The number of H-pyrrole nitrogens is 1. The molecule has 0 aliphatic heterocycles. The normalized spacial score (nSPS) is 11.6. The van der Waals surface area contributed by atoms with E-state index in [0.29, 0.717) is 11.5 Å². The van der Waals surface area contributed by atoms with Crippen LogP contribution in [0.2, 0.25) is 0 Å². The Hall–Kier alpha value is -2.89. The number of esters is 1. The number of nitrogens with one attached hydrogen (secondary N) is 2. The monoisotopic (exact) mass is 342 g/mol. The van der Waals surface area contributed by atoms with Crippen molar-refractivity contribution < 1.29 is 19.1 Å². The summed E-state index contributed by atoms with van der Waals surface area (Å²) in [6, 6.07) is 8.97. The minimum absolute atomic E-state index is 0.137. The van der Waals surface area contributed by atoms with Crippen LogP contribution in [0.1, 0.15) is 59.5 Å². The quantitative estimate of drug-likeness (QED) is 0.595. The Bertz CT molecular complexity index is 779. The van der Waals surface area contributed by atoms with E-state index in [9.17, 15) is 14.4 Å². The van der Waals surface area contributed by atoms with Crippen molar-refractivity contribution in [3.05, 3.63) is 53.3 Å². The smallest absolute Gasteiger partial charge is 0.355 e. The highest BCUT2D eigenvalue weighted by Gasteiger charge is 2.15. The van der Waals surface area contributed by atoms with E-state index in [4.69, 9.17) is 4.74 Å². The van der Waals surface area contributed by atoms with Crippen molar-refractivity contribution in [2.75, 3.05) is 11.9 Å². The zero-order valence-corrected chi connectivity index (χ0v) is 14.6. The van der Waals surface area contributed by atoms with Gasteiger partial charge >= 0.3 is 5.97 Å². The van der Waals surface area contributed by atoms with Crippen LogP contribution in [0.3, 0.4) is 0 Å². The molecule has 0 bridgehead atoms. The molecule has 2 rings (SSSR count). The molecule has 0 spiro atoms. The Morgan fingerprint density at radius 2 is 1.96 bits per heavy atom. The Labute approximate surface area is 146 Å². The van der Waals surface area contributed by atoms with Gasteiger partial charge in [0, 0.05) is 17.4 Å². The highest BCUT2D eigenvalue weighted by atomic mass is 16.5. The average Bonchev–Trinajstić information content (AvgIpc) is 3.10. The van der Waals surface area contributed by atoms with Gasteiger partial charge in [-0.15, -0.1) is 0 Å². The first kappa shape index (κ1) is 18.4. The molecule has 0 aliphatic rings. The molecule has 1 atom stereocenters. The number of ether oxygens (including phenoxy) is 1. The lowest BCUT2D eigenvalue weighted by molar-refractivity contribution is -0.119. The molecule has 6 nitrogen and oxygen atoms in total. The number of ketones is 1. The van der Waals surface area contributed by atoms with Gasteiger partial charge in [0.15, 0.2) is 12.4 Å². The van der Waals surface area contributed by atoms with Gasteiger partial charge in [-0.2, -0.15) is 0 Å². The molecule has 0 unspecified atom stereocenters. The van der Waals surface area contributed by atoms with Gasteiger partial charge in [-0.3, -0.25) is 9.59 Å². The van der Waals surface area contributed by atoms with Gasteiger partial charge in [-0.05, 0) is 37.0 Å². The van der Waals surface area contributed by atoms with Gasteiger partial charge < -0.3 is 15.0 Å². The number of aromatic nitrogens is 1. The predicted octanol–water partition coefficient (Wildman–Crippen LogP) is 3.53. The van der Waals surface area contributed by atoms with Crippen LogP contribution in [0.15, 0.2) is 36.5 Å². The maximum atomic E-state index is 12.1. The van der Waals surface area contributed by atoms with Crippen LogP contribution in [-0.4, -0.2) is 29.3 Å². The zero-order chi connectivity index (χ0) is 18.4. The summed E-state index contributed by atoms with van der Waals surface area (Å²) in [6.45, 7) is 5.17. The van der Waals surface area contributed by atoms with E-state index in [1.54, 1.807) is 0 Å². The van der Waals surface area contributed by atoms with Crippen LogP contribution in [0.25, 0.3) is 0 Å². The highest BCUT2D eigenvalue weighted by Crippen LogP contribution is 2.26. The second-order valence-corrected chi connectivity index (χ2v) is 5.88. The number of benzene rings is 1. The summed E-state index contributed by atoms with van der Waals surface area (Å²) in [5, 5.41) is 2.78. The van der Waals surface area contributed by atoms with E-state index in [-0.39, 0.29) is 11.5 Å². The summed E-state index contributed by atoms with van der Waals surface area (Å²) in [5.41, 5.74) is 2.29. The summed E-state index contributed by atoms with van der Waals surface area (Å²) in [6.07, 6.45) is 2.38. The molecule has 1 heterocycles. The molecule has 0 aliphatic carbocycles. The van der Waals surface area contributed by atoms with Crippen molar-refractivity contribution in [1.82, 2.24) is 4.98 Å². The molecule has 132 valence electrons. The zero-order valence-electron chi connectivity index (χ0n) is 14.6. The van der Waals surface area contributed by atoms with Crippen LogP contribution in [-0.2, 0) is 9.53 Å². The molecule has 0 saturated carbocycles. The number of rotatable bonds is 7. The fourth-order valence-corrected chi connectivity index (χ4v) is 2.37. The molecule has 6 heteroatoms. The maximum Gasteiger partial charge on any atom is 0.355 e. The molecular weight excluding hydrogens is 320 g/mol. The number of amides is 1. The fraction of sp³-hybridized carbons (Fsp3) is 0.316. The Morgan fingerprint density at radius 3 is 2.60 bits per heavy atom. The van der Waals surface area contributed by atoms with Crippen LogP contribution in [0.5, 0.6) is 0 Å². The number of hydrogen-bond donors (Lipinski definition) is 2. The molecule has 0 fully saturated rings. The molecule has 1 amide bonds. The summed E-state index contributed by atoms with van der Waals surface area (Å²) < 4.78 is 4.99. The van der Waals surface area contributed by atoms with E-state index >= 15 is 0 Å². The number of carbonyl (C=O) groups excluding carboxylic acids is 3. The third kappa shape index (κ3) is 4.79. The third-order valence-electron chi connectivity index (χ3n) is 4.02. The predicted molar refractivity (Wildman–Crippen MR) is 94.9 cm³/mol. The highest BCUT2D eigenvalue weighted by molar-refractivity contribution is 5.98. The van der Waals surface area contributed by atoms with Crippen molar-refractivity contribution in [3.8, 4) is 0 Å². The van der Waals surface area contributed by atoms with Gasteiger partial charge in [0.2, 0.25) is 0 Å². The van der Waals surface area contributed by atoms with Gasteiger partial charge in [0.1, 0.15) is 5.69 Å². The Balaban J connectivity index is 1.94. The lowest BCUT2D eigenvalue weighted by Crippen LogP contribution is -2.22. The van der Waals surface area contributed by atoms with Crippen molar-refractivity contribution >= 4 is 23.3 Å². The van der Waals surface area contributed by atoms with Gasteiger partial charge in [-0.1, -0.05) is 32.0 Å². The number of Topliss-reactive ketones (excluding diaryl/α,β-unsaturated/α-hetero) is 1. The van der Waals surface area contributed by atoms with Gasteiger partial charge in [0.25, 0.3) is 5.91 Å². The first-order valence-electron chi connectivity index (χ1n) is 8.17. The van der Waals surface area contributed by atoms with Crippen molar-refractivity contribution in [2.24, 2.45) is 0 Å². The number of para-hydroxylation sites is 1. The molecular formula is C19H22N2O4. The van der Waals surface area contributed by atoms with E-state index in [1.165, 1.54) is 19.2 Å². The van der Waals surface area contributed by atoms with Crippen molar-refractivity contribution in [1.29, 1.82) is 0 Å². The molecule has 2 aromatic rings. The number of carbonyl (C=O) groups is 3. The minimum Gasteiger partial charge on any atom is -0.451 e. The first-order valence-corrected chi connectivity index (χ1v) is 8.17. The van der Waals surface area contributed by atoms with E-state index < -0.39 is 18.5 Å². The van der Waals surface area contributed by atoms with Gasteiger partial charge in [0.05, 0.1) is 0 Å². The second-order valence-electron chi connectivity index (χ2n) is 5.88. The summed E-state index contributed by atoms with van der Waals surface area (Å²) >= 11 is 0. The summed E-state index contributed by atoms with van der Waals surface area (Å²) in [5.74, 6) is -0.946. The molecule has 1 aromatic heterocycles. The van der Waals surface area contributed by atoms with Crippen LogP contribution < -0.4 is 5.32 Å². The standard InChI is InChI=1S/C19H22N2O4/c1-4-12(2)15-7-5-6-8-16(15)21-18(23)11-25-19(24)17-9-14(10-20-17)13(3)22/h5-10,12,20H,4,11H2,1-3H3,(H,21,23)/t12-/m1/s1. The van der Waals surface area contributed by atoms with Crippen molar-refractivity contribution in [2.45, 2.75) is 33.1 Å². The lowest BCUT2D eigenvalue weighted by atomic mass is 9.97. The fourth-order valence-electron chi connectivity index (χ4n) is 2.37. The molecule has 25 heavy (non-hydrogen) atoms. The molecule has 0 saturated heterocycles. The minimum atomic E-state index is -0.683. The number of anilines is 1. The summed E-state index contributed by atoms with van der Waals surface area (Å²) in [4.78, 5) is 37.9. The van der Waals surface area contributed by atoms with E-state index in [2.05, 4.69) is 24.1 Å². The van der Waals surface area contributed by atoms with Crippen LogP contribution >= 0.6 is 0 Å². The van der Waals surface area contributed by atoms with Crippen LogP contribution in [0, 0.1) is 0 Å². The first-order chi connectivity index (χ1) is 11.9.